The summed E-state index contributed by atoms with van der Waals surface area (Å²) in [6.45, 7) is 2.06. The van der Waals surface area contributed by atoms with E-state index in [0.717, 1.165) is 11.4 Å². The van der Waals surface area contributed by atoms with Crippen LogP contribution in [0.4, 0.5) is 5.69 Å². The topological polar surface area (TPSA) is 74.9 Å². The lowest BCUT2D eigenvalue weighted by molar-refractivity contribution is -0.135. The second-order valence-corrected chi connectivity index (χ2v) is 4.53. The first-order chi connectivity index (χ1) is 10.2. The van der Waals surface area contributed by atoms with Crippen molar-refractivity contribution in [1.29, 1.82) is 5.26 Å². The maximum atomic E-state index is 11.8. The number of anilines is 1. The summed E-state index contributed by atoms with van der Waals surface area (Å²) in [5, 5.41) is 15.0. The second kappa shape index (κ2) is 6.75. The molecule has 0 aliphatic carbocycles. The lowest BCUT2D eigenvalue weighted by atomic mass is 10.1. The van der Waals surface area contributed by atoms with Crippen LogP contribution in [0.15, 0.2) is 29.4 Å². The Balaban J connectivity index is 2.23. The summed E-state index contributed by atoms with van der Waals surface area (Å²) in [5.41, 5.74) is 1.17. The van der Waals surface area contributed by atoms with Gasteiger partial charge in [-0.05, 0) is 31.2 Å². The molecule has 1 aliphatic heterocycles. The fourth-order valence-corrected chi connectivity index (χ4v) is 2.17. The number of ether oxygens (including phenoxy) is 2. The van der Waals surface area contributed by atoms with E-state index in [0.29, 0.717) is 25.2 Å². The molecule has 6 heteroatoms. The van der Waals surface area contributed by atoms with E-state index in [-0.39, 0.29) is 6.04 Å². The standard InChI is InChI=1S/C15H17N3O3/c1-3-21-15(19)14-10-12(8-9-16)18(17-14)11-4-6-13(20-2)7-5-11/h4-7,12H,3,8,10H2,1-2H3/t12-/m1/s1. The lowest BCUT2D eigenvalue weighted by Gasteiger charge is -2.21. The number of nitriles is 1. The number of methoxy groups -OCH3 is 1. The van der Waals surface area contributed by atoms with Gasteiger partial charge in [0.1, 0.15) is 11.5 Å². The first-order valence-electron chi connectivity index (χ1n) is 6.74. The molecule has 0 unspecified atom stereocenters. The number of hydrogen-bond acceptors (Lipinski definition) is 6. The molecule has 0 N–H and O–H groups in total. The van der Waals surface area contributed by atoms with Crippen LogP contribution in [-0.2, 0) is 9.53 Å². The van der Waals surface area contributed by atoms with E-state index in [2.05, 4.69) is 11.2 Å². The Kier molecular flexibility index (Phi) is 4.77. The molecule has 1 aromatic carbocycles. The highest BCUT2D eigenvalue weighted by Crippen LogP contribution is 2.28. The number of esters is 1. The van der Waals surface area contributed by atoms with Crippen molar-refractivity contribution in [2.45, 2.75) is 25.8 Å². The number of benzene rings is 1. The minimum Gasteiger partial charge on any atom is -0.497 e. The molecule has 1 aromatic rings. The molecule has 1 atom stereocenters. The molecule has 6 nitrogen and oxygen atoms in total. The van der Waals surface area contributed by atoms with Crippen molar-refractivity contribution >= 4 is 17.4 Å². The largest absolute Gasteiger partial charge is 0.497 e. The maximum Gasteiger partial charge on any atom is 0.354 e. The van der Waals surface area contributed by atoms with Gasteiger partial charge in [0.2, 0.25) is 0 Å². The van der Waals surface area contributed by atoms with Crippen LogP contribution < -0.4 is 9.75 Å². The van der Waals surface area contributed by atoms with Crippen molar-refractivity contribution in [3.63, 3.8) is 0 Å². The van der Waals surface area contributed by atoms with Crippen molar-refractivity contribution < 1.29 is 14.3 Å². The molecule has 0 saturated carbocycles. The van der Waals surface area contributed by atoms with Gasteiger partial charge < -0.3 is 9.47 Å². The number of carbonyl (C=O) groups is 1. The molecule has 21 heavy (non-hydrogen) atoms. The number of hydrazone groups is 1. The molecule has 0 spiro atoms. The third-order valence-electron chi connectivity index (χ3n) is 3.18. The molecular weight excluding hydrogens is 270 g/mol. The predicted molar refractivity (Wildman–Crippen MR) is 78.2 cm³/mol. The summed E-state index contributed by atoms with van der Waals surface area (Å²) in [7, 11) is 1.60. The summed E-state index contributed by atoms with van der Waals surface area (Å²) in [6, 6.07) is 9.31. The zero-order chi connectivity index (χ0) is 15.2. The fourth-order valence-electron chi connectivity index (χ4n) is 2.17. The monoisotopic (exact) mass is 287 g/mol. The molecule has 2 rings (SSSR count). The van der Waals surface area contributed by atoms with E-state index in [9.17, 15) is 4.79 Å². The molecular formula is C15H17N3O3. The van der Waals surface area contributed by atoms with E-state index in [4.69, 9.17) is 14.7 Å². The van der Waals surface area contributed by atoms with Gasteiger partial charge in [0, 0.05) is 6.42 Å². The smallest absolute Gasteiger partial charge is 0.354 e. The van der Waals surface area contributed by atoms with Crippen LogP contribution in [0.1, 0.15) is 19.8 Å². The summed E-state index contributed by atoms with van der Waals surface area (Å²) in [6.07, 6.45) is 0.705. The van der Waals surface area contributed by atoms with Gasteiger partial charge >= 0.3 is 5.97 Å². The molecule has 1 heterocycles. The zero-order valence-corrected chi connectivity index (χ0v) is 12.1. The van der Waals surface area contributed by atoms with Gasteiger partial charge in [0.05, 0.1) is 37.9 Å². The van der Waals surface area contributed by atoms with Crippen LogP contribution in [0, 0.1) is 11.3 Å². The highest BCUT2D eigenvalue weighted by Gasteiger charge is 2.31. The number of carbonyl (C=O) groups excluding carboxylic acids is 1. The SMILES string of the molecule is CCOC(=O)C1=NN(c2ccc(OC)cc2)[C@H](CC#N)C1. The molecule has 110 valence electrons. The van der Waals surface area contributed by atoms with Gasteiger partial charge in [-0.2, -0.15) is 10.4 Å². The Hall–Kier alpha value is -2.55. The van der Waals surface area contributed by atoms with Gasteiger partial charge in [-0.1, -0.05) is 0 Å². The molecule has 0 saturated heterocycles. The quantitative estimate of drug-likeness (QED) is 0.775. The van der Waals surface area contributed by atoms with Crippen molar-refractivity contribution in [3.8, 4) is 11.8 Å². The average Bonchev–Trinajstić information content (AvgIpc) is 2.92. The Labute approximate surface area is 123 Å². The normalized spacial score (nSPS) is 17.1. The van der Waals surface area contributed by atoms with Crippen LogP contribution in [-0.4, -0.2) is 31.4 Å². The van der Waals surface area contributed by atoms with E-state index < -0.39 is 5.97 Å². The Morgan fingerprint density at radius 1 is 1.48 bits per heavy atom. The number of rotatable bonds is 5. The van der Waals surface area contributed by atoms with Gasteiger partial charge in [-0.3, -0.25) is 5.01 Å². The highest BCUT2D eigenvalue weighted by atomic mass is 16.5. The van der Waals surface area contributed by atoms with Crippen LogP contribution >= 0.6 is 0 Å². The molecule has 0 bridgehead atoms. The van der Waals surface area contributed by atoms with Crippen molar-refractivity contribution in [2.75, 3.05) is 18.7 Å². The number of hydrogen-bond donors (Lipinski definition) is 0. The minimum atomic E-state index is -0.420. The fraction of sp³-hybridized carbons (Fsp3) is 0.400. The molecule has 0 aromatic heterocycles. The van der Waals surface area contributed by atoms with Gasteiger partial charge in [-0.25, -0.2) is 4.79 Å². The second-order valence-electron chi connectivity index (χ2n) is 4.53. The van der Waals surface area contributed by atoms with Gasteiger partial charge in [-0.15, -0.1) is 0 Å². The van der Waals surface area contributed by atoms with E-state index >= 15 is 0 Å². The molecule has 0 fully saturated rings. The first-order valence-corrected chi connectivity index (χ1v) is 6.74. The Morgan fingerprint density at radius 2 is 2.19 bits per heavy atom. The summed E-state index contributed by atoms with van der Waals surface area (Å²) >= 11 is 0. The van der Waals surface area contributed by atoms with E-state index in [1.165, 1.54) is 0 Å². The van der Waals surface area contributed by atoms with Gasteiger partial charge in [0.25, 0.3) is 0 Å². The average molecular weight is 287 g/mol. The van der Waals surface area contributed by atoms with Gasteiger partial charge in [0.15, 0.2) is 0 Å². The lowest BCUT2D eigenvalue weighted by Crippen LogP contribution is -2.26. The van der Waals surface area contributed by atoms with Crippen molar-refractivity contribution in [3.05, 3.63) is 24.3 Å². The molecule has 0 amide bonds. The van der Waals surface area contributed by atoms with Crippen LogP contribution in [0.2, 0.25) is 0 Å². The van der Waals surface area contributed by atoms with Crippen LogP contribution in [0.3, 0.4) is 0 Å². The molecule has 0 radical (unpaired) electrons. The maximum absolute atomic E-state index is 11.8. The molecule has 1 aliphatic rings. The summed E-state index contributed by atoms with van der Waals surface area (Å²) < 4.78 is 10.1. The third kappa shape index (κ3) is 3.31. The van der Waals surface area contributed by atoms with Crippen molar-refractivity contribution in [1.82, 2.24) is 0 Å². The van der Waals surface area contributed by atoms with Crippen LogP contribution in [0.25, 0.3) is 0 Å². The van der Waals surface area contributed by atoms with E-state index in [1.54, 1.807) is 19.0 Å². The van der Waals surface area contributed by atoms with Crippen LogP contribution in [0.5, 0.6) is 5.75 Å². The predicted octanol–water partition coefficient (Wildman–Crippen LogP) is 2.11. The first kappa shape index (κ1) is 14.9. The zero-order valence-electron chi connectivity index (χ0n) is 12.1. The Bertz CT molecular complexity index is 575. The third-order valence-corrected chi connectivity index (χ3v) is 3.18. The van der Waals surface area contributed by atoms with Crippen molar-refractivity contribution in [2.24, 2.45) is 5.10 Å². The summed E-state index contributed by atoms with van der Waals surface area (Å²) in [4.78, 5) is 11.8. The summed E-state index contributed by atoms with van der Waals surface area (Å²) in [5.74, 6) is 0.320. The Morgan fingerprint density at radius 3 is 2.76 bits per heavy atom. The highest BCUT2D eigenvalue weighted by molar-refractivity contribution is 6.37. The number of nitrogens with zero attached hydrogens (tertiary/aromatic N) is 3. The van der Waals surface area contributed by atoms with E-state index in [1.807, 2.05) is 24.3 Å². The minimum absolute atomic E-state index is 0.150.